The van der Waals surface area contributed by atoms with Crippen molar-refractivity contribution in [3.8, 4) is 5.69 Å². The van der Waals surface area contributed by atoms with E-state index in [4.69, 9.17) is 4.74 Å². The molecule has 1 fully saturated rings. The fourth-order valence-electron chi connectivity index (χ4n) is 1.35. The molecule has 5 nitrogen and oxygen atoms in total. The van der Waals surface area contributed by atoms with Crippen LogP contribution in [-0.2, 0) is 4.74 Å². The van der Waals surface area contributed by atoms with Gasteiger partial charge in [0.05, 0.1) is 12.3 Å². The van der Waals surface area contributed by atoms with E-state index in [1.54, 1.807) is 0 Å². The average molecular weight is 188 g/mol. The molecule has 2 heterocycles. The smallest absolute Gasteiger partial charge is 0.162 e. The molecule has 1 aromatic heterocycles. The largest absolute Gasteiger partial charge is 0.368 e. The molecule has 0 radical (unpaired) electrons. The number of hydrogen-bond acceptors (Lipinski definition) is 4. The molecule has 0 bridgehead atoms. The Bertz CT molecular complexity index is 419. The minimum absolute atomic E-state index is 0.299. The zero-order valence-corrected chi connectivity index (χ0v) is 7.37. The Morgan fingerprint density at radius 1 is 1.29 bits per heavy atom. The molecule has 3 rings (SSSR count). The molecule has 5 heteroatoms. The van der Waals surface area contributed by atoms with Gasteiger partial charge in [0, 0.05) is 0 Å². The van der Waals surface area contributed by atoms with Gasteiger partial charge in [-0.05, 0) is 22.9 Å². The Morgan fingerprint density at radius 2 is 2.07 bits per heavy atom. The van der Waals surface area contributed by atoms with Gasteiger partial charge in [-0.3, -0.25) is 0 Å². The van der Waals surface area contributed by atoms with E-state index in [-0.39, 0.29) is 0 Å². The molecule has 14 heavy (non-hydrogen) atoms. The highest BCUT2D eigenvalue weighted by atomic mass is 16.6. The summed E-state index contributed by atoms with van der Waals surface area (Å²) < 4.78 is 5.17. The Balaban J connectivity index is 1.93. The van der Waals surface area contributed by atoms with Gasteiger partial charge in [0.1, 0.15) is 6.10 Å². The Kier molecular flexibility index (Phi) is 1.57. The summed E-state index contributed by atoms with van der Waals surface area (Å²) in [4.78, 5) is 1.48. The van der Waals surface area contributed by atoms with Gasteiger partial charge in [-0.2, -0.15) is 0 Å². The molecule has 0 aliphatic carbocycles. The first kappa shape index (κ1) is 7.64. The van der Waals surface area contributed by atoms with E-state index in [0.717, 1.165) is 12.3 Å². The normalized spacial score (nSPS) is 19.6. The molecule has 1 aromatic carbocycles. The Hall–Kier alpha value is -1.75. The van der Waals surface area contributed by atoms with Crippen LogP contribution in [-0.4, -0.2) is 26.8 Å². The molecule has 1 unspecified atom stereocenters. The number of ether oxygens (including phenoxy) is 1. The maximum absolute atomic E-state index is 5.17. The lowest BCUT2D eigenvalue weighted by molar-refractivity contribution is 0.415. The predicted molar refractivity (Wildman–Crippen MR) is 47.8 cm³/mol. The molecule has 1 saturated heterocycles. The van der Waals surface area contributed by atoms with Crippen LogP contribution >= 0.6 is 0 Å². The van der Waals surface area contributed by atoms with E-state index in [1.165, 1.54) is 16.7 Å². The van der Waals surface area contributed by atoms with Crippen LogP contribution in [0.3, 0.4) is 0 Å². The number of aromatic nitrogens is 4. The molecular weight excluding hydrogens is 180 g/mol. The minimum Gasteiger partial charge on any atom is -0.368 e. The van der Waals surface area contributed by atoms with Crippen molar-refractivity contribution in [3.05, 3.63) is 36.2 Å². The van der Waals surface area contributed by atoms with Crippen molar-refractivity contribution >= 4 is 0 Å². The van der Waals surface area contributed by atoms with Crippen molar-refractivity contribution in [2.24, 2.45) is 0 Å². The summed E-state index contributed by atoms with van der Waals surface area (Å²) >= 11 is 0. The molecular formula is C9H8N4O. The summed E-state index contributed by atoms with van der Waals surface area (Å²) in [5, 5.41) is 11.4. The first-order valence-corrected chi connectivity index (χ1v) is 4.38. The van der Waals surface area contributed by atoms with Crippen molar-refractivity contribution in [2.75, 3.05) is 6.61 Å². The van der Waals surface area contributed by atoms with Crippen LogP contribution in [0.1, 0.15) is 11.7 Å². The van der Waals surface area contributed by atoms with Crippen molar-refractivity contribution in [3.63, 3.8) is 0 Å². The second-order valence-corrected chi connectivity index (χ2v) is 3.14. The first-order valence-electron chi connectivity index (χ1n) is 4.38. The molecule has 0 N–H and O–H groups in total. The summed E-state index contributed by atoms with van der Waals surface area (Å²) in [5.41, 5.74) is 2.11. The number of rotatable bonds is 2. The van der Waals surface area contributed by atoms with Gasteiger partial charge in [0.2, 0.25) is 0 Å². The average Bonchev–Trinajstić information content (AvgIpc) is 2.94. The van der Waals surface area contributed by atoms with Crippen molar-refractivity contribution in [1.82, 2.24) is 20.2 Å². The summed E-state index contributed by atoms with van der Waals surface area (Å²) in [6.45, 7) is 0.834. The van der Waals surface area contributed by atoms with E-state index in [9.17, 15) is 0 Å². The van der Waals surface area contributed by atoms with E-state index in [0.29, 0.717) is 6.10 Å². The molecule has 1 atom stereocenters. The van der Waals surface area contributed by atoms with E-state index < -0.39 is 0 Å². The maximum Gasteiger partial charge on any atom is 0.162 e. The molecule has 1 aliphatic rings. The number of benzene rings is 1. The SMILES string of the molecule is c1nnn(-c2ccc(C3CO3)cc2)n1. The second kappa shape index (κ2) is 2.88. The second-order valence-electron chi connectivity index (χ2n) is 3.14. The zero-order chi connectivity index (χ0) is 9.38. The number of hydrogen-bond donors (Lipinski definition) is 0. The third kappa shape index (κ3) is 1.27. The topological polar surface area (TPSA) is 56.1 Å². The summed E-state index contributed by atoms with van der Waals surface area (Å²) in [7, 11) is 0. The zero-order valence-electron chi connectivity index (χ0n) is 7.37. The van der Waals surface area contributed by atoms with Gasteiger partial charge >= 0.3 is 0 Å². The molecule has 1 aliphatic heterocycles. The van der Waals surface area contributed by atoms with Crippen molar-refractivity contribution < 1.29 is 4.74 Å². The van der Waals surface area contributed by atoms with Crippen LogP contribution < -0.4 is 0 Å². The van der Waals surface area contributed by atoms with Gasteiger partial charge in [-0.1, -0.05) is 12.1 Å². The highest BCUT2D eigenvalue weighted by molar-refractivity contribution is 5.34. The monoisotopic (exact) mass is 188 g/mol. The fraction of sp³-hybridized carbons (Fsp3) is 0.222. The number of tetrazole rings is 1. The van der Waals surface area contributed by atoms with Gasteiger partial charge in [0.25, 0.3) is 0 Å². The van der Waals surface area contributed by atoms with Gasteiger partial charge in [0.15, 0.2) is 6.33 Å². The Labute approximate surface area is 80.3 Å². The quantitative estimate of drug-likeness (QED) is 0.652. The van der Waals surface area contributed by atoms with Crippen LogP contribution in [0.5, 0.6) is 0 Å². The maximum atomic E-state index is 5.17. The van der Waals surface area contributed by atoms with Crippen LogP contribution in [0.2, 0.25) is 0 Å². The highest BCUT2D eigenvalue weighted by Gasteiger charge is 2.24. The molecule has 0 spiro atoms. The molecule has 0 amide bonds. The van der Waals surface area contributed by atoms with Crippen LogP contribution in [0.15, 0.2) is 30.6 Å². The van der Waals surface area contributed by atoms with Crippen LogP contribution in [0, 0.1) is 0 Å². The summed E-state index contributed by atoms with van der Waals surface area (Å²) in [6.07, 6.45) is 1.71. The van der Waals surface area contributed by atoms with Gasteiger partial charge in [-0.15, -0.1) is 15.0 Å². The lowest BCUT2D eigenvalue weighted by atomic mass is 10.1. The van der Waals surface area contributed by atoms with E-state index in [2.05, 4.69) is 15.4 Å². The summed E-state index contributed by atoms with van der Waals surface area (Å²) in [6, 6.07) is 7.96. The Morgan fingerprint density at radius 3 is 2.64 bits per heavy atom. The minimum atomic E-state index is 0.299. The number of nitrogens with zero attached hydrogens (tertiary/aromatic N) is 4. The van der Waals surface area contributed by atoms with Crippen molar-refractivity contribution in [1.29, 1.82) is 0 Å². The van der Waals surface area contributed by atoms with Gasteiger partial charge < -0.3 is 4.74 Å². The lowest BCUT2D eigenvalue weighted by Gasteiger charge is -1.99. The first-order chi connectivity index (χ1) is 6.93. The van der Waals surface area contributed by atoms with E-state index in [1.807, 2.05) is 24.3 Å². The van der Waals surface area contributed by atoms with Crippen LogP contribution in [0.4, 0.5) is 0 Å². The summed E-state index contributed by atoms with van der Waals surface area (Å²) in [5.74, 6) is 0. The lowest BCUT2D eigenvalue weighted by Crippen LogP contribution is -1.98. The fourth-order valence-corrected chi connectivity index (χ4v) is 1.35. The molecule has 70 valence electrons. The number of epoxide rings is 1. The van der Waals surface area contributed by atoms with Crippen LogP contribution in [0.25, 0.3) is 5.69 Å². The standard InChI is InChI=1S/C9H8N4O/c1-3-8(13-11-6-10-12-13)4-2-7(1)9-5-14-9/h1-4,6,9H,5H2. The van der Waals surface area contributed by atoms with Crippen molar-refractivity contribution in [2.45, 2.75) is 6.10 Å². The van der Waals surface area contributed by atoms with E-state index >= 15 is 0 Å². The van der Waals surface area contributed by atoms with Gasteiger partial charge in [-0.25, -0.2) is 0 Å². The predicted octanol–water partition coefficient (Wildman–Crippen LogP) is 0.734. The molecule has 0 saturated carbocycles. The highest BCUT2D eigenvalue weighted by Crippen LogP contribution is 2.29. The third-order valence-electron chi connectivity index (χ3n) is 2.18. The third-order valence-corrected chi connectivity index (χ3v) is 2.18. The molecule has 2 aromatic rings.